The lowest BCUT2D eigenvalue weighted by Gasteiger charge is -2.10. The lowest BCUT2D eigenvalue weighted by molar-refractivity contribution is -0.112. The molecule has 5 nitrogen and oxygen atoms in total. The van der Waals surface area contributed by atoms with E-state index in [1.165, 1.54) is 6.08 Å². The molecule has 0 spiro atoms. The van der Waals surface area contributed by atoms with E-state index in [4.69, 9.17) is 16.3 Å². The van der Waals surface area contributed by atoms with Crippen LogP contribution in [0.5, 0.6) is 5.75 Å². The number of rotatable bonds is 6. The Morgan fingerprint density at radius 2 is 1.94 bits per heavy atom. The first-order chi connectivity index (χ1) is 15.4. The molecule has 0 aliphatic carbocycles. The zero-order valence-corrected chi connectivity index (χ0v) is 19.4. The van der Waals surface area contributed by atoms with Crippen molar-refractivity contribution in [2.24, 2.45) is 0 Å². The Hall–Kier alpha value is -3.58. The summed E-state index contributed by atoms with van der Waals surface area (Å²) >= 11 is 9.55. The van der Waals surface area contributed by atoms with Crippen LogP contribution < -0.4 is 10.1 Å². The van der Waals surface area contributed by atoms with Crippen molar-refractivity contribution < 1.29 is 9.53 Å². The first-order valence-electron chi connectivity index (χ1n) is 9.51. The Morgan fingerprint density at radius 3 is 2.62 bits per heavy atom. The van der Waals surface area contributed by atoms with Crippen LogP contribution in [-0.2, 0) is 11.4 Å². The molecule has 0 heterocycles. The van der Waals surface area contributed by atoms with Crippen LogP contribution in [0, 0.1) is 29.6 Å². The fourth-order valence-electron chi connectivity index (χ4n) is 2.82. The van der Waals surface area contributed by atoms with Gasteiger partial charge in [-0.1, -0.05) is 41.9 Å². The van der Waals surface area contributed by atoms with Gasteiger partial charge in [0, 0.05) is 16.3 Å². The molecule has 1 amide bonds. The van der Waals surface area contributed by atoms with Crippen molar-refractivity contribution in [3.8, 4) is 17.9 Å². The molecule has 7 heteroatoms. The number of hydrogen-bond donors (Lipinski definition) is 1. The molecule has 32 heavy (non-hydrogen) atoms. The Morgan fingerprint density at radius 1 is 1.16 bits per heavy atom. The van der Waals surface area contributed by atoms with Crippen LogP contribution in [0.15, 0.2) is 70.7 Å². The molecule has 0 aromatic heterocycles. The summed E-state index contributed by atoms with van der Waals surface area (Å²) in [6.07, 6.45) is 1.49. The Kier molecular flexibility index (Phi) is 7.68. The van der Waals surface area contributed by atoms with Gasteiger partial charge in [-0.2, -0.15) is 10.5 Å². The summed E-state index contributed by atoms with van der Waals surface area (Å²) in [5.74, 6) is 0.0455. The maximum Gasteiger partial charge on any atom is 0.266 e. The van der Waals surface area contributed by atoms with Crippen molar-refractivity contribution in [2.75, 3.05) is 5.32 Å². The zero-order chi connectivity index (χ0) is 23.1. The van der Waals surface area contributed by atoms with Gasteiger partial charge in [-0.05, 0) is 70.4 Å². The Bertz CT molecular complexity index is 1290. The predicted octanol–water partition coefficient (Wildman–Crippen LogP) is 6.41. The third kappa shape index (κ3) is 5.76. The largest absolute Gasteiger partial charge is 0.488 e. The minimum absolute atomic E-state index is 0.0507. The Balaban J connectivity index is 1.73. The van der Waals surface area contributed by atoms with E-state index >= 15 is 0 Å². The molecule has 0 atom stereocenters. The fourth-order valence-corrected chi connectivity index (χ4v) is 3.51. The molecule has 0 fully saturated rings. The molecule has 0 saturated heterocycles. The highest BCUT2D eigenvalue weighted by Crippen LogP contribution is 2.28. The number of hydrogen-bond acceptors (Lipinski definition) is 4. The predicted molar refractivity (Wildman–Crippen MR) is 128 cm³/mol. The molecule has 0 unspecified atom stereocenters. The number of amides is 1. The molecule has 0 aliphatic heterocycles. The first-order valence-corrected chi connectivity index (χ1v) is 10.7. The third-order valence-corrected chi connectivity index (χ3v) is 5.61. The number of aryl methyl sites for hydroxylation is 1. The summed E-state index contributed by atoms with van der Waals surface area (Å²) in [6.45, 7) is 2.10. The number of carbonyl (C=O) groups is 1. The van der Waals surface area contributed by atoms with Crippen molar-refractivity contribution in [1.82, 2.24) is 0 Å². The van der Waals surface area contributed by atoms with E-state index in [1.54, 1.807) is 48.5 Å². The van der Waals surface area contributed by atoms with Crippen LogP contribution >= 0.6 is 27.5 Å². The second-order valence-electron chi connectivity index (χ2n) is 6.84. The summed E-state index contributed by atoms with van der Waals surface area (Å²) in [4.78, 5) is 12.5. The van der Waals surface area contributed by atoms with Crippen molar-refractivity contribution >= 4 is 45.2 Å². The summed E-state index contributed by atoms with van der Waals surface area (Å²) in [6, 6.07) is 21.7. The standard InChI is InChI=1S/C25H17BrClN3O2/c1-16-6-8-21(12-23(16)27)30-25(31)20(14-29)10-17-7-9-24(22(26)11-17)32-15-19-5-3-2-4-18(19)13-28/h2-12H,15H2,1H3,(H,30,31)/b20-10+. The highest BCUT2D eigenvalue weighted by atomic mass is 79.9. The van der Waals surface area contributed by atoms with Crippen molar-refractivity contribution in [2.45, 2.75) is 13.5 Å². The first kappa shape index (κ1) is 23.1. The van der Waals surface area contributed by atoms with Crippen LogP contribution in [0.25, 0.3) is 6.08 Å². The molecule has 3 aromatic carbocycles. The molecule has 3 rings (SSSR count). The van der Waals surface area contributed by atoms with E-state index in [9.17, 15) is 15.3 Å². The average molecular weight is 507 g/mol. The molecule has 0 aliphatic rings. The van der Waals surface area contributed by atoms with Crippen LogP contribution in [0.3, 0.4) is 0 Å². The van der Waals surface area contributed by atoms with Gasteiger partial charge < -0.3 is 10.1 Å². The number of carbonyl (C=O) groups excluding carboxylic acids is 1. The second kappa shape index (κ2) is 10.6. The summed E-state index contributed by atoms with van der Waals surface area (Å²) in [7, 11) is 0. The van der Waals surface area contributed by atoms with E-state index in [0.717, 1.165) is 11.1 Å². The summed E-state index contributed by atoms with van der Waals surface area (Å²) < 4.78 is 6.48. The van der Waals surface area contributed by atoms with Gasteiger partial charge in [0.2, 0.25) is 0 Å². The zero-order valence-electron chi connectivity index (χ0n) is 17.0. The van der Waals surface area contributed by atoms with Gasteiger partial charge >= 0.3 is 0 Å². The van der Waals surface area contributed by atoms with Gasteiger partial charge in [0.25, 0.3) is 5.91 Å². The van der Waals surface area contributed by atoms with Crippen molar-refractivity contribution in [3.05, 3.63) is 98.0 Å². The maximum absolute atomic E-state index is 12.5. The lowest BCUT2D eigenvalue weighted by Crippen LogP contribution is -2.13. The quantitative estimate of drug-likeness (QED) is 0.309. The normalized spacial score (nSPS) is 10.7. The number of benzene rings is 3. The molecular formula is C25H17BrClN3O2. The van der Waals surface area contributed by atoms with E-state index in [-0.39, 0.29) is 12.2 Å². The number of nitriles is 2. The molecular weight excluding hydrogens is 490 g/mol. The number of anilines is 1. The topological polar surface area (TPSA) is 85.9 Å². The molecule has 1 N–H and O–H groups in total. The smallest absolute Gasteiger partial charge is 0.266 e. The van der Waals surface area contributed by atoms with Crippen molar-refractivity contribution in [1.29, 1.82) is 10.5 Å². The fraction of sp³-hybridized carbons (Fsp3) is 0.0800. The minimum Gasteiger partial charge on any atom is -0.488 e. The average Bonchev–Trinajstić information content (AvgIpc) is 2.79. The highest BCUT2D eigenvalue weighted by Gasteiger charge is 2.11. The van der Waals surface area contributed by atoms with Crippen molar-refractivity contribution in [3.63, 3.8) is 0 Å². The molecule has 0 saturated carbocycles. The summed E-state index contributed by atoms with van der Waals surface area (Å²) in [5.41, 5.74) is 3.34. The minimum atomic E-state index is -0.531. The van der Waals surface area contributed by atoms with Gasteiger partial charge in [0.05, 0.1) is 16.1 Å². The molecule has 0 radical (unpaired) electrons. The molecule has 3 aromatic rings. The monoisotopic (exact) mass is 505 g/mol. The SMILES string of the molecule is Cc1ccc(NC(=O)/C(C#N)=C/c2ccc(OCc3ccccc3C#N)c(Br)c2)cc1Cl. The molecule has 0 bridgehead atoms. The van der Waals surface area contributed by atoms with E-state index < -0.39 is 5.91 Å². The summed E-state index contributed by atoms with van der Waals surface area (Å²) in [5, 5.41) is 21.9. The second-order valence-corrected chi connectivity index (χ2v) is 8.10. The Labute approximate surface area is 199 Å². The highest BCUT2D eigenvalue weighted by molar-refractivity contribution is 9.10. The molecule has 158 valence electrons. The van der Waals surface area contributed by atoms with E-state index in [2.05, 4.69) is 27.3 Å². The maximum atomic E-state index is 12.5. The van der Waals surface area contributed by atoms with E-state index in [0.29, 0.717) is 32.1 Å². The number of nitrogens with zero attached hydrogens (tertiary/aromatic N) is 2. The lowest BCUT2D eigenvalue weighted by atomic mass is 10.1. The van der Waals surface area contributed by atoms with Gasteiger partial charge in [0.15, 0.2) is 0 Å². The number of ether oxygens (including phenoxy) is 1. The van der Waals surface area contributed by atoms with Crippen LogP contribution in [0.2, 0.25) is 5.02 Å². The third-order valence-electron chi connectivity index (χ3n) is 4.58. The van der Waals surface area contributed by atoms with Gasteiger partial charge in [-0.25, -0.2) is 0 Å². The van der Waals surface area contributed by atoms with Crippen LogP contribution in [0.4, 0.5) is 5.69 Å². The van der Waals surface area contributed by atoms with Gasteiger partial charge in [0.1, 0.15) is 24.0 Å². The number of nitrogens with one attached hydrogen (secondary N) is 1. The van der Waals surface area contributed by atoms with Crippen LogP contribution in [0.1, 0.15) is 22.3 Å². The van der Waals surface area contributed by atoms with Gasteiger partial charge in [-0.15, -0.1) is 0 Å². The van der Waals surface area contributed by atoms with E-state index in [1.807, 2.05) is 25.1 Å². The number of halogens is 2. The van der Waals surface area contributed by atoms with Crippen LogP contribution in [-0.4, -0.2) is 5.91 Å². The van der Waals surface area contributed by atoms with Gasteiger partial charge in [-0.3, -0.25) is 4.79 Å².